The molecule has 1 saturated heterocycles. The van der Waals surface area contributed by atoms with Crippen LogP contribution in [0.2, 0.25) is 0 Å². The lowest BCUT2D eigenvalue weighted by atomic mass is 9.83. The Balaban J connectivity index is 1.63. The van der Waals surface area contributed by atoms with E-state index >= 15 is 0 Å². The zero-order valence-corrected chi connectivity index (χ0v) is 17.8. The van der Waals surface area contributed by atoms with Crippen molar-refractivity contribution in [2.45, 2.75) is 50.7 Å². The fraction of sp³-hybridized carbons (Fsp3) is 0.455. The third-order valence-corrected chi connectivity index (χ3v) is 6.33. The van der Waals surface area contributed by atoms with E-state index in [1.807, 2.05) is 17.5 Å². The molecule has 1 unspecified atom stereocenters. The van der Waals surface area contributed by atoms with Crippen LogP contribution in [0, 0.1) is 0 Å². The number of nitrogens with zero attached hydrogens (tertiary/aromatic N) is 1. The van der Waals surface area contributed by atoms with Gasteiger partial charge in [-0.25, -0.2) is 0 Å². The van der Waals surface area contributed by atoms with Gasteiger partial charge in [0.15, 0.2) is 0 Å². The van der Waals surface area contributed by atoms with Gasteiger partial charge in [-0.05, 0) is 35.9 Å². The Morgan fingerprint density at radius 1 is 1.17 bits per heavy atom. The number of rotatable bonds is 6. The molecule has 0 bridgehead atoms. The highest BCUT2D eigenvalue weighted by atomic mass is 32.1. The fourth-order valence-corrected chi connectivity index (χ4v) is 4.34. The molecule has 2 amide bonds. The Hall–Kier alpha value is -2.35. The summed E-state index contributed by atoms with van der Waals surface area (Å²) >= 11 is 1.51. The molecule has 1 aromatic heterocycles. The van der Waals surface area contributed by atoms with E-state index in [2.05, 4.69) is 5.32 Å². The first-order valence-electron chi connectivity index (χ1n) is 9.85. The minimum Gasteiger partial charge on any atom is -0.353 e. The third kappa shape index (κ3) is 5.22. The average Bonchev–Trinajstić information content (AvgIpc) is 3.37. The van der Waals surface area contributed by atoms with Crippen molar-refractivity contribution in [1.29, 1.82) is 0 Å². The summed E-state index contributed by atoms with van der Waals surface area (Å²) < 4.78 is 39.1. The lowest BCUT2D eigenvalue weighted by Gasteiger charge is -2.29. The van der Waals surface area contributed by atoms with Crippen molar-refractivity contribution in [1.82, 2.24) is 10.2 Å². The first kappa shape index (κ1) is 22.3. The Kier molecular flexibility index (Phi) is 6.55. The molecule has 0 aliphatic carbocycles. The molecule has 1 aliphatic heterocycles. The van der Waals surface area contributed by atoms with Crippen molar-refractivity contribution in [2.75, 3.05) is 13.1 Å². The summed E-state index contributed by atoms with van der Waals surface area (Å²) in [5.41, 5.74) is -0.906. The maximum absolute atomic E-state index is 13.0. The standard InChI is InChI=1S/C22H25F3N2O2S/c1-21(2,15-6-3-7-16(12-15)22(23,24)25)14-26-20(29)18-9-4-10-27(18)19(28)13-17-8-5-11-30-17/h3,5-8,11-12,18H,4,9-10,13-14H2,1-2H3,(H,26,29). The van der Waals surface area contributed by atoms with E-state index in [-0.39, 0.29) is 24.8 Å². The van der Waals surface area contributed by atoms with Crippen molar-refractivity contribution in [3.63, 3.8) is 0 Å². The number of hydrogen-bond donors (Lipinski definition) is 1. The van der Waals surface area contributed by atoms with Gasteiger partial charge in [-0.15, -0.1) is 11.3 Å². The number of benzene rings is 1. The molecule has 1 atom stereocenters. The topological polar surface area (TPSA) is 49.4 Å². The molecule has 1 aromatic carbocycles. The highest BCUT2D eigenvalue weighted by Crippen LogP contribution is 2.32. The molecule has 4 nitrogen and oxygen atoms in total. The van der Waals surface area contributed by atoms with E-state index in [9.17, 15) is 22.8 Å². The SMILES string of the molecule is CC(C)(CNC(=O)C1CCCN1C(=O)Cc1cccs1)c1cccc(C(F)(F)F)c1. The van der Waals surface area contributed by atoms with Crippen LogP contribution < -0.4 is 5.32 Å². The minimum atomic E-state index is -4.41. The van der Waals surface area contributed by atoms with Gasteiger partial charge >= 0.3 is 6.18 Å². The molecule has 0 radical (unpaired) electrons. The number of halogens is 3. The number of nitrogens with one attached hydrogen (secondary N) is 1. The first-order valence-corrected chi connectivity index (χ1v) is 10.7. The summed E-state index contributed by atoms with van der Waals surface area (Å²) in [6, 6.07) is 8.42. The molecule has 1 N–H and O–H groups in total. The van der Waals surface area contributed by atoms with Crippen LogP contribution in [0.4, 0.5) is 13.2 Å². The van der Waals surface area contributed by atoms with Crippen LogP contribution in [0.15, 0.2) is 41.8 Å². The third-order valence-electron chi connectivity index (χ3n) is 5.46. The molecule has 0 saturated carbocycles. The number of carbonyl (C=O) groups is 2. The minimum absolute atomic E-state index is 0.0766. The second-order valence-electron chi connectivity index (χ2n) is 8.18. The summed E-state index contributed by atoms with van der Waals surface area (Å²) in [4.78, 5) is 28.0. The predicted octanol–water partition coefficient (Wildman–Crippen LogP) is 4.39. The first-order chi connectivity index (χ1) is 14.1. The van der Waals surface area contributed by atoms with Crippen molar-refractivity contribution in [3.8, 4) is 0 Å². The smallest absolute Gasteiger partial charge is 0.353 e. The predicted molar refractivity (Wildman–Crippen MR) is 110 cm³/mol. The maximum Gasteiger partial charge on any atom is 0.416 e. The van der Waals surface area contributed by atoms with Crippen LogP contribution in [-0.2, 0) is 27.6 Å². The van der Waals surface area contributed by atoms with Crippen molar-refractivity contribution >= 4 is 23.2 Å². The lowest BCUT2D eigenvalue weighted by Crippen LogP contribution is -2.48. The Bertz CT molecular complexity index is 894. The van der Waals surface area contributed by atoms with Gasteiger partial charge in [-0.1, -0.05) is 38.1 Å². The van der Waals surface area contributed by atoms with Crippen LogP contribution in [0.5, 0.6) is 0 Å². The summed E-state index contributed by atoms with van der Waals surface area (Å²) in [5, 5.41) is 4.76. The van der Waals surface area contributed by atoms with Crippen LogP contribution in [0.3, 0.4) is 0 Å². The normalized spacial score (nSPS) is 17.2. The molecular weight excluding hydrogens is 413 g/mol. The Morgan fingerprint density at radius 3 is 2.57 bits per heavy atom. The van der Waals surface area contributed by atoms with Crippen molar-refractivity contribution in [3.05, 3.63) is 57.8 Å². The molecule has 8 heteroatoms. The van der Waals surface area contributed by atoms with Crippen LogP contribution in [0.1, 0.15) is 42.7 Å². The maximum atomic E-state index is 13.0. The Labute approximate surface area is 178 Å². The van der Waals surface area contributed by atoms with Crippen LogP contribution in [0.25, 0.3) is 0 Å². The number of likely N-dealkylation sites (tertiary alicyclic amines) is 1. The number of amides is 2. The monoisotopic (exact) mass is 438 g/mol. The summed E-state index contributed by atoms with van der Waals surface area (Å²) in [5.74, 6) is -0.334. The summed E-state index contributed by atoms with van der Waals surface area (Å²) in [7, 11) is 0. The molecule has 0 spiro atoms. The molecule has 1 aliphatic rings. The quantitative estimate of drug-likeness (QED) is 0.727. The van der Waals surface area contributed by atoms with Crippen LogP contribution >= 0.6 is 11.3 Å². The van der Waals surface area contributed by atoms with Gasteiger partial charge in [0.25, 0.3) is 0 Å². The highest BCUT2D eigenvalue weighted by Gasteiger charge is 2.35. The zero-order valence-electron chi connectivity index (χ0n) is 17.0. The second-order valence-corrected chi connectivity index (χ2v) is 9.21. The lowest BCUT2D eigenvalue weighted by molar-refractivity contribution is -0.138. The van der Waals surface area contributed by atoms with Gasteiger partial charge in [0.1, 0.15) is 6.04 Å². The Morgan fingerprint density at radius 2 is 1.90 bits per heavy atom. The molecule has 30 heavy (non-hydrogen) atoms. The number of alkyl halides is 3. The van der Waals surface area contributed by atoms with Crippen LogP contribution in [-0.4, -0.2) is 35.8 Å². The molecule has 2 heterocycles. The molecule has 3 rings (SSSR count). The molecule has 1 fully saturated rings. The number of thiophene rings is 1. The number of hydrogen-bond acceptors (Lipinski definition) is 3. The number of carbonyl (C=O) groups excluding carboxylic acids is 2. The summed E-state index contributed by atoms with van der Waals surface area (Å²) in [6.45, 7) is 4.30. The van der Waals surface area contributed by atoms with Gasteiger partial charge < -0.3 is 10.2 Å². The van der Waals surface area contributed by atoms with Crippen molar-refractivity contribution < 1.29 is 22.8 Å². The largest absolute Gasteiger partial charge is 0.416 e. The zero-order chi connectivity index (χ0) is 21.9. The van der Waals surface area contributed by atoms with E-state index in [0.717, 1.165) is 23.4 Å². The molecule has 162 valence electrons. The highest BCUT2D eigenvalue weighted by molar-refractivity contribution is 7.10. The van der Waals surface area contributed by atoms with E-state index in [0.29, 0.717) is 18.5 Å². The van der Waals surface area contributed by atoms with Gasteiger partial charge in [0.2, 0.25) is 11.8 Å². The van der Waals surface area contributed by atoms with E-state index in [1.54, 1.807) is 24.8 Å². The van der Waals surface area contributed by atoms with E-state index in [4.69, 9.17) is 0 Å². The molecular formula is C22H25F3N2O2S. The van der Waals surface area contributed by atoms with Gasteiger partial charge in [-0.3, -0.25) is 9.59 Å². The van der Waals surface area contributed by atoms with Gasteiger partial charge in [-0.2, -0.15) is 13.2 Å². The van der Waals surface area contributed by atoms with Gasteiger partial charge in [0, 0.05) is 23.4 Å². The fourth-order valence-electron chi connectivity index (χ4n) is 3.65. The average molecular weight is 439 g/mol. The van der Waals surface area contributed by atoms with E-state index in [1.165, 1.54) is 17.4 Å². The summed E-state index contributed by atoms with van der Waals surface area (Å²) in [6.07, 6.45) is -2.79. The van der Waals surface area contributed by atoms with Gasteiger partial charge in [0.05, 0.1) is 12.0 Å². The second kappa shape index (κ2) is 8.79. The van der Waals surface area contributed by atoms with Crippen molar-refractivity contribution in [2.24, 2.45) is 0 Å². The molecule has 2 aromatic rings. The van der Waals surface area contributed by atoms with E-state index < -0.39 is 23.2 Å².